The molecule has 0 aliphatic carbocycles. The number of hydrogen-bond donors (Lipinski definition) is 1. The number of nitrogens with one attached hydrogen (secondary N) is 1. The zero-order chi connectivity index (χ0) is 21.3. The van der Waals surface area contributed by atoms with Gasteiger partial charge in [-0.05, 0) is 55.4 Å². The smallest absolute Gasteiger partial charge is 0.251 e. The van der Waals surface area contributed by atoms with Crippen LogP contribution in [0.1, 0.15) is 46.0 Å². The average Bonchev–Trinajstić information content (AvgIpc) is 3.20. The van der Waals surface area contributed by atoms with Crippen molar-refractivity contribution in [1.29, 1.82) is 0 Å². The van der Waals surface area contributed by atoms with Crippen LogP contribution in [0.5, 0.6) is 5.75 Å². The summed E-state index contributed by atoms with van der Waals surface area (Å²) in [5.41, 5.74) is 3.91. The van der Waals surface area contributed by atoms with Gasteiger partial charge in [-0.1, -0.05) is 38.1 Å². The summed E-state index contributed by atoms with van der Waals surface area (Å²) < 4.78 is 5.73. The van der Waals surface area contributed by atoms with Gasteiger partial charge in [0.05, 0.1) is 10.7 Å². The van der Waals surface area contributed by atoms with Crippen LogP contribution in [0.15, 0.2) is 53.9 Å². The van der Waals surface area contributed by atoms with Crippen LogP contribution in [0.25, 0.3) is 0 Å². The van der Waals surface area contributed by atoms with E-state index in [4.69, 9.17) is 4.74 Å². The van der Waals surface area contributed by atoms with E-state index in [-0.39, 0.29) is 5.91 Å². The topological polar surface area (TPSA) is 54.5 Å². The van der Waals surface area contributed by atoms with E-state index in [9.17, 15) is 4.79 Å². The summed E-state index contributed by atoms with van der Waals surface area (Å²) in [6, 6.07) is 15.6. The Hall–Kier alpha value is -2.70. The van der Waals surface area contributed by atoms with Gasteiger partial charge in [-0.3, -0.25) is 9.69 Å². The Kier molecular flexibility index (Phi) is 7.99. The molecule has 0 saturated heterocycles. The molecule has 5 nitrogen and oxygen atoms in total. The third-order valence-electron chi connectivity index (χ3n) is 4.95. The predicted molar refractivity (Wildman–Crippen MR) is 122 cm³/mol. The van der Waals surface area contributed by atoms with Crippen molar-refractivity contribution in [3.63, 3.8) is 0 Å². The summed E-state index contributed by atoms with van der Waals surface area (Å²) in [4.78, 5) is 19.2. The maximum atomic E-state index is 12.4. The molecule has 0 fully saturated rings. The summed E-state index contributed by atoms with van der Waals surface area (Å²) in [6.07, 6.45) is 0. The number of carbonyl (C=O) groups is 1. The van der Waals surface area contributed by atoms with Gasteiger partial charge in [0.15, 0.2) is 0 Å². The first-order chi connectivity index (χ1) is 14.6. The maximum absolute atomic E-state index is 12.4. The molecule has 30 heavy (non-hydrogen) atoms. The highest BCUT2D eigenvalue weighted by atomic mass is 32.1. The molecule has 1 amide bonds. The van der Waals surface area contributed by atoms with Gasteiger partial charge in [0, 0.05) is 24.0 Å². The molecular weight excluding hydrogens is 394 g/mol. The van der Waals surface area contributed by atoms with Crippen molar-refractivity contribution in [1.82, 2.24) is 15.2 Å². The monoisotopic (exact) mass is 423 g/mol. The van der Waals surface area contributed by atoms with Crippen molar-refractivity contribution >= 4 is 17.2 Å². The molecule has 0 aliphatic rings. The van der Waals surface area contributed by atoms with Gasteiger partial charge in [-0.2, -0.15) is 0 Å². The lowest BCUT2D eigenvalue weighted by atomic mass is 10.1. The van der Waals surface area contributed by atoms with E-state index in [1.165, 1.54) is 5.56 Å². The number of amides is 1. The lowest BCUT2D eigenvalue weighted by Crippen LogP contribution is -2.23. The van der Waals surface area contributed by atoms with Crippen molar-refractivity contribution in [3.05, 3.63) is 81.3 Å². The van der Waals surface area contributed by atoms with Gasteiger partial charge in [0.1, 0.15) is 12.4 Å². The number of benzene rings is 2. The third-order valence-corrected chi connectivity index (χ3v) is 5.77. The van der Waals surface area contributed by atoms with Crippen LogP contribution in [0.3, 0.4) is 0 Å². The van der Waals surface area contributed by atoms with Crippen LogP contribution >= 0.6 is 11.3 Å². The van der Waals surface area contributed by atoms with Crippen LogP contribution in [0, 0.1) is 6.92 Å². The molecule has 3 rings (SSSR count). The molecule has 0 spiro atoms. The lowest BCUT2D eigenvalue weighted by molar-refractivity contribution is 0.0951. The van der Waals surface area contributed by atoms with Gasteiger partial charge in [-0.15, -0.1) is 11.3 Å². The van der Waals surface area contributed by atoms with Crippen LogP contribution in [-0.4, -0.2) is 28.9 Å². The number of hydrogen-bond acceptors (Lipinski definition) is 5. The zero-order valence-electron chi connectivity index (χ0n) is 17.9. The molecule has 6 heteroatoms. The molecule has 1 heterocycles. The molecule has 158 valence electrons. The summed E-state index contributed by atoms with van der Waals surface area (Å²) in [5.74, 6) is 0.630. The Bertz CT molecular complexity index is 932. The molecule has 1 aromatic heterocycles. The van der Waals surface area contributed by atoms with Crippen molar-refractivity contribution in [2.75, 3.05) is 13.1 Å². The van der Waals surface area contributed by atoms with Crippen LogP contribution in [-0.2, 0) is 19.7 Å². The molecule has 1 N–H and O–H groups in total. The van der Waals surface area contributed by atoms with E-state index in [2.05, 4.69) is 53.3 Å². The summed E-state index contributed by atoms with van der Waals surface area (Å²) in [7, 11) is 0. The average molecular weight is 424 g/mol. The van der Waals surface area contributed by atoms with Crippen molar-refractivity contribution in [2.24, 2.45) is 0 Å². The summed E-state index contributed by atoms with van der Waals surface area (Å²) in [6.45, 7) is 10.3. The lowest BCUT2D eigenvalue weighted by Gasteiger charge is -2.18. The Morgan fingerprint density at radius 1 is 1.03 bits per heavy atom. The Morgan fingerprint density at radius 3 is 2.30 bits per heavy atom. The highest BCUT2D eigenvalue weighted by Crippen LogP contribution is 2.16. The number of nitrogens with zero attached hydrogens (tertiary/aromatic N) is 2. The largest absolute Gasteiger partial charge is 0.487 e. The molecule has 2 aromatic carbocycles. The van der Waals surface area contributed by atoms with Crippen LogP contribution in [0.4, 0.5) is 0 Å². The van der Waals surface area contributed by atoms with E-state index in [0.717, 1.165) is 41.6 Å². The number of thiazole rings is 1. The number of aromatic nitrogens is 1. The first kappa shape index (κ1) is 22.0. The molecule has 0 aliphatic heterocycles. The minimum atomic E-state index is -0.0936. The zero-order valence-corrected chi connectivity index (χ0v) is 18.7. The standard InChI is InChI=1S/C24H29N3O2S/c1-4-27(5-2)15-20-8-6-19(7-9-20)14-25-24(28)21-10-12-23(13-11-21)29-16-22-17-30-18(3)26-22/h6-13,17H,4-5,14-16H2,1-3H3,(H,25,28). The highest BCUT2D eigenvalue weighted by molar-refractivity contribution is 7.09. The van der Waals surface area contributed by atoms with E-state index in [0.29, 0.717) is 18.7 Å². The van der Waals surface area contributed by atoms with Gasteiger partial charge in [0.2, 0.25) is 0 Å². The fraction of sp³-hybridized carbons (Fsp3) is 0.333. The van der Waals surface area contributed by atoms with Gasteiger partial charge in [-0.25, -0.2) is 4.98 Å². The Balaban J connectivity index is 1.47. The minimum absolute atomic E-state index is 0.0936. The van der Waals surface area contributed by atoms with Crippen molar-refractivity contribution < 1.29 is 9.53 Å². The van der Waals surface area contributed by atoms with E-state index in [1.807, 2.05) is 24.4 Å². The Labute approximate surface area is 182 Å². The summed E-state index contributed by atoms with van der Waals surface area (Å²) in [5, 5.41) is 6.00. The minimum Gasteiger partial charge on any atom is -0.487 e. The quantitative estimate of drug-likeness (QED) is 0.509. The second kappa shape index (κ2) is 10.9. The first-order valence-electron chi connectivity index (χ1n) is 10.3. The summed E-state index contributed by atoms with van der Waals surface area (Å²) >= 11 is 1.61. The molecule has 0 radical (unpaired) electrons. The molecular formula is C24H29N3O2S. The van der Waals surface area contributed by atoms with Crippen molar-refractivity contribution in [2.45, 2.75) is 40.5 Å². The second-order valence-corrected chi connectivity index (χ2v) is 8.19. The molecule has 3 aromatic rings. The van der Waals surface area contributed by atoms with E-state index < -0.39 is 0 Å². The molecule has 0 unspecified atom stereocenters. The van der Waals surface area contributed by atoms with E-state index in [1.54, 1.807) is 23.5 Å². The number of aryl methyl sites for hydroxylation is 1. The number of carbonyl (C=O) groups excluding carboxylic acids is 1. The Morgan fingerprint density at radius 2 is 1.70 bits per heavy atom. The first-order valence-corrected chi connectivity index (χ1v) is 11.2. The SMILES string of the molecule is CCN(CC)Cc1ccc(CNC(=O)c2ccc(OCc3csc(C)n3)cc2)cc1. The van der Waals surface area contributed by atoms with Crippen LogP contribution < -0.4 is 10.1 Å². The second-order valence-electron chi connectivity index (χ2n) is 7.13. The fourth-order valence-corrected chi connectivity index (χ4v) is 3.68. The third kappa shape index (κ3) is 6.40. The molecule has 0 bridgehead atoms. The predicted octanol–water partition coefficient (Wildman–Crippen LogP) is 4.80. The van der Waals surface area contributed by atoms with Crippen LogP contribution in [0.2, 0.25) is 0 Å². The van der Waals surface area contributed by atoms with Crippen molar-refractivity contribution in [3.8, 4) is 5.75 Å². The van der Waals surface area contributed by atoms with Gasteiger partial charge < -0.3 is 10.1 Å². The molecule has 0 saturated carbocycles. The maximum Gasteiger partial charge on any atom is 0.251 e. The van der Waals surface area contributed by atoms with E-state index >= 15 is 0 Å². The normalized spacial score (nSPS) is 10.9. The number of ether oxygens (including phenoxy) is 1. The number of rotatable bonds is 10. The molecule has 0 atom stereocenters. The highest BCUT2D eigenvalue weighted by Gasteiger charge is 2.07. The van der Waals surface area contributed by atoms with Gasteiger partial charge in [0.25, 0.3) is 5.91 Å². The van der Waals surface area contributed by atoms with Gasteiger partial charge >= 0.3 is 0 Å². The fourth-order valence-electron chi connectivity index (χ4n) is 3.09.